The molecule has 0 spiro atoms. The first-order valence-electron chi connectivity index (χ1n) is 9.22. The predicted octanol–water partition coefficient (Wildman–Crippen LogP) is 3.85. The Morgan fingerprint density at radius 2 is 2.00 bits per heavy atom. The molecule has 2 aliphatic heterocycles. The lowest BCUT2D eigenvalue weighted by Crippen LogP contribution is -2.42. The molecule has 2 unspecified atom stereocenters. The van der Waals surface area contributed by atoms with E-state index in [1.165, 1.54) is 12.8 Å². The number of amides is 1. The monoisotopic (exact) mass is 366 g/mol. The number of hydrogen-bond acceptors (Lipinski definition) is 3. The zero-order valence-corrected chi connectivity index (χ0v) is 16.3. The molecule has 1 aromatic rings. The third kappa shape index (κ3) is 5.11. The SMILES string of the molecule is CC(CC(=O)NC1CC(C)(C)Oc2ccccc21)C1CCNCC1.Cl. The molecule has 0 bridgehead atoms. The van der Waals surface area contributed by atoms with Crippen LogP contribution in [-0.2, 0) is 4.79 Å². The second kappa shape index (κ2) is 8.41. The maximum absolute atomic E-state index is 12.6. The molecule has 0 aliphatic carbocycles. The average Bonchev–Trinajstić information content (AvgIpc) is 2.54. The Morgan fingerprint density at radius 3 is 2.72 bits per heavy atom. The molecule has 2 atom stereocenters. The van der Waals surface area contributed by atoms with Crippen molar-refractivity contribution in [3.8, 4) is 5.75 Å². The number of nitrogens with one attached hydrogen (secondary N) is 2. The molecule has 0 saturated carbocycles. The lowest BCUT2D eigenvalue weighted by Gasteiger charge is -2.38. The molecular formula is C20H31ClN2O2. The smallest absolute Gasteiger partial charge is 0.220 e. The van der Waals surface area contributed by atoms with Gasteiger partial charge in [-0.15, -0.1) is 12.4 Å². The van der Waals surface area contributed by atoms with Gasteiger partial charge in [0, 0.05) is 18.4 Å². The normalized spacial score (nSPS) is 23.6. The number of piperidine rings is 1. The minimum absolute atomic E-state index is 0. The summed E-state index contributed by atoms with van der Waals surface area (Å²) in [6, 6.07) is 8.09. The Hall–Kier alpha value is -1.26. The van der Waals surface area contributed by atoms with Crippen molar-refractivity contribution in [1.82, 2.24) is 10.6 Å². The van der Waals surface area contributed by atoms with Crippen LogP contribution < -0.4 is 15.4 Å². The van der Waals surface area contributed by atoms with Gasteiger partial charge in [-0.1, -0.05) is 25.1 Å². The highest BCUT2D eigenvalue weighted by Crippen LogP contribution is 2.39. The second-order valence-electron chi connectivity index (χ2n) is 7.99. The van der Waals surface area contributed by atoms with Crippen molar-refractivity contribution in [1.29, 1.82) is 0 Å². The summed E-state index contributed by atoms with van der Waals surface area (Å²) in [4.78, 5) is 12.6. The zero-order valence-electron chi connectivity index (χ0n) is 15.5. The lowest BCUT2D eigenvalue weighted by molar-refractivity contribution is -0.123. The Balaban J connectivity index is 0.00000225. The van der Waals surface area contributed by atoms with Crippen molar-refractivity contribution >= 4 is 18.3 Å². The first kappa shape index (κ1) is 20.1. The molecule has 1 fully saturated rings. The summed E-state index contributed by atoms with van der Waals surface area (Å²) in [5.74, 6) is 2.16. The molecule has 4 nitrogen and oxygen atoms in total. The number of halogens is 1. The predicted molar refractivity (Wildman–Crippen MR) is 103 cm³/mol. The van der Waals surface area contributed by atoms with Crippen LogP contribution in [0.25, 0.3) is 0 Å². The summed E-state index contributed by atoms with van der Waals surface area (Å²) < 4.78 is 6.05. The summed E-state index contributed by atoms with van der Waals surface area (Å²) >= 11 is 0. The van der Waals surface area contributed by atoms with E-state index in [-0.39, 0.29) is 30.0 Å². The topological polar surface area (TPSA) is 50.4 Å². The third-order valence-electron chi connectivity index (χ3n) is 5.41. The highest BCUT2D eigenvalue weighted by molar-refractivity contribution is 5.85. The summed E-state index contributed by atoms with van der Waals surface area (Å²) in [5.41, 5.74) is 0.840. The van der Waals surface area contributed by atoms with E-state index in [2.05, 4.69) is 37.5 Å². The molecule has 0 radical (unpaired) electrons. The van der Waals surface area contributed by atoms with Crippen molar-refractivity contribution < 1.29 is 9.53 Å². The van der Waals surface area contributed by atoms with Crippen molar-refractivity contribution in [2.75, 3.05) is 13.1 Å². The number of carbonyl (C=O) groups excluding carboxylic acids is 1. The van der Waals surface area contributed by atoms with Crippen LogP contribution in [0.15, 0.2) is 24.3 Å². The maximum atomic E-state index is 12.6. The zero-order chi connectivity index (χ0) is 17.2. The highest BCUT2D eigenvalue weighted by Gasteiger charge is 2.34. The van der Waals surface area contributed by atoms with Crippen LogP contribution in [0, 0.1) is 11.8 Å². The number of carbonyl (C=O) groups is 1. The second-order valence-corrected chi connectivity index (χ2v) is 7.99. The van der Waals surface area contributed by atoms with Gasteiger partial charge in [0.15, 0.2) is 0 Å². The van der Waals surface area contributed by atoms with E-state index in [4.69, 9.17) is 4.74 Å². The third-order valence-corrected chi connectivity index (χ3v) is 5.41. The molecule has 2 aliphatic rings. The van der Waals surface area contributed by atoms with E-state index in [1.807, 2.05) is 18.2 Å². The van der Waals surface area contributed by atoms with Crippen molar-refractivity contribution in [2.45, 2.75) is 58.1 Å². The van der Waals surface area contributed by atoms with Crippen LogP contribution >= 0.6 is 12.4 Å². The molecule has 25 heavy (non-hydrogen) atoms. The van der Waals surface area contributed by atoms with Crippen LogP contribution in [0.4, 0.5) is 0 Å². The average molecular weight is 367 g/mol. The van der Waals surface area contributed by atoms with Gasteiger partial charge in [-0.05, 0) is 57.7 Å². The molecule has 2 N–H and O–H groups in total. The van der Waals surface area contributed by atoms with E-state index in [0.29, 0.717) is 18.3 Å². The first-order valence-corrected chi connectivity index (χ1v) is 9.22. The number of para-hydroxylation sites is 1. The minimum atomic E-state index is -0.257. The fourth-order valence-corrected chi connectivity index (χ4v) is 4.06. The first-order chi connectivity index (χ1) is 11.4. The molecule has 5 heteroatoms. The van der Waals surface area contributed by atoms with Crippen LogP contribution in [0.1, 0.15) is 58.1 Å². The number of ether oxygens (including phenoxy) is 1. The van der Waals surface area contributed by atoms with E-state index in [9.17, 15) is 4.79 Å². The van der Waals surface area contributed by atoms with E-state index in [1.54, 1.807) is 0 Å². The molecule has 140 valence electrons. The molecule has 1 aromatic carbocycles. The van der Waals surface area contributed by atoms with Gasteiger partial charge in [0.05, 0.1) is 6.04 Å². The number of hydrogen-bond donors (Lipinski definition) is 2. The minimum Gasteiger partial charge on any atom is -0.487 e. The molecule has 0 aromatic heterocycles. The van der Waals surface area contributed by atoms with E-state index < -0.39 is 0 Å². The number of benzene rings is 1. The van der Waals surface area contributed by atoms with Crippen molar-refractivity contribution in [2.24, 2.45) is 11.8 Å². The summed E-state index contributed by atoms with van der Waals surface area (Å²) in [5, 5.41) is 6.66. The highest BCUT2D eigenvalue weighted by atomic mass is 35.5. The van der Waals surface area contributed by atoms with Crippen molar-refractivity contribution in [3.05, 3.63) is 29.8 Å². The Morgan fingerprint density at radius 1 is 1.32 bits per heavy atom. The fraction of sp³-hybridized carbons (Fsp3) is 0.650. The summed E-state index contributed by atoms with van der Waals surface area (Å²) in [6.07, 6.45) is 3.78. The van der Waals surface area contributed by atoms with Crippen LogP contribution in [-0.4, -0.2) is 24.6 Å². The largest absolute Gasteiger partial charge is 0.487 e. The van der Waals surface area contributed by atoms with Gasteiger partial charge in [-0.2, -0.15) is 0 Å². The maximum Gasteiger partial charge on any atom is 0.220 e. The molecule has 2 heterocycles. The number of fused-ring (bicyclic) bond motifs is 1. The molecular weight excluding hydrogens is 336 g/mol. The van der Waals surface area contributed by atoms with Crippen LogP contribution in [0.3, 0.4) is 0 Å². The van der Waals surface area contributed by atoms with Gasteiger partial charge in [0.25, 0.3) is 0 Å². The quantitative estimate of drug-likeness (QED) is 0.850. The lowest BCUT2D eigenvalue weighted by atomic mass is 9.83. The van der Waals surface area contributed by atoms with Gasteiger partial charge in [0.1, 0.15) is 11.4 Å². The van der Waals surface area contributed by atoms with E-state index in [0.717, 1.165) is 30.8 Å². The van der Waals surface area contributed by atoms with E-state index >= 15 is 0 Å². The van der Waals surface area contributed by atoms with Crippen LogP contribution in [0.5, 0.6) is 5.75 Å². The van der Waals surface area contributed by atoms with Gasteiger partial charge in [-0.3, -0.25) is 4.79 Å². The molecule has 1 amide bonds. The molecule has 3 rings (SSSR count). The Bertz CT molecular complexity index is 585. The summed E-state index contributed by atoms with van der Waals surface area (Å²) in [7, 11) is 0. The summed E-state index contributed by atoms with van der Waals surface area (Å²) in [6.45, 7) is 8.55. The Labute approximate surface area is 157 Å². The van der Waals surface area contributed by atoms with Gasteiger partial charge >= 0.3 is 0 Å². The Kier molecular flexibility index (Phi) is 6.75. The van der Waals surface area contributed by atoms with Gasteiger partial charge < -0.3 is 15.4 Å². The molecule has 1 saturated heterocycles. The van der Waals surface area contributed by atoms with Gasteiger partial charge in [0.2, 0.25) is 5.91 Å². The van der Waals surface area contributed by atoms with Crippen molar-refractivity contribution in [3.63, 3.8) is 0 Å². The standard InChI is InChI=1S/C20H30N2O2.ClH/c1-14(15-8-10-21-11-9-15)12-19(23)22-17-13-20(2,3)24-18-7-5-4-6-16(17)18;/h4-7,14-15,17,21H,8-13H2,1-3H3,(H,22,23);1H. The van der Waals surface area contributed by atoms with Gasteiger partial charge in [-0.25, -0.2) is 0 Å². The van der Waals surface area contributed by atoms with Crippen LogP contribution in [0.2, 0.25) is 0 Å². The number of rotatable bonds is 4. The fourth-order valence-electron chi connectivity index (χ4n) is 4.06.